The summed E-state index contributed by atoms with van der Waals surface area (Å²) in [4.78, 5) is 14.6. The van der Waals surface area contributed by atoms with Crippen LogP contribution in [0.3, 0.4) is 0 Å². The lowest BCUT2D eigenvalue weighted by atomic mass is 10.2. The number of carbonyl (C=O) groups excluding carboxylic acids is 1. The van der Waals surface area contributed by atoms with E-state index in [2.05, 4.69) is 15.9 Å². The number of halogens is 3. The fourth-order valence-corrected chi connectivity index (χ4v) is 4.58. The summed E-state index contributed by atoms with van der Waals surface area (Å²) >= 11 is 15.7. The van der Waals surface area contributed by atoms with Crippen LogP contribution in [0.15, 0.2) is 39.7 Å². The highest BCUT2D eigenvalue weighted by atomic mass is 79.9. The van der Waals surface area contributed by atoms with Crippen molar-refractivity contribution in [3.8, 4) is 11.5 Å². The predicted molar refractivity (Wildman–Crippen MR) is 114 cm³/mol. The van der Waals surface area contributed by atoms with E-state index in [9.17, 15) is 9.18 Å². The number of nitrogens with zero attached hydrogens (tertiary/aromatic N) is 1. The Morgan fingerprint density at radius 2 is 2.00 bits per heavy atom. The number of hydrogen-bond acceptors (Lipinski definition) is 5. The van der Waals surface area contributed by atoms with Crippen LogP contribution in [-0.2, 0) is 4.79 Å². The Balaban J connectivity index is 1.97. The topological polar surface area (TPSA) is 38.8 Å². The largest absolute Gasteiger partial charge is 0.493 e. The molecule has 1 aliphatic heterocycles. The summed E-state index contributed by atoms with van der Waals surface area (Å²) in [5.74, 6) is 0.220. The zero-order chi connectivity index (χ0) is 19.7. The van der Waals surface area contributed by atoms with E-state index in [-0.39, 0.29) is 10.9 Å². The van der Waals surface area contributed by atoms with E-state index in [0.29, 0.717) is 30.9 Å². The number of hydrogen-bond donors (Lipinski definition) is 0. The number of thioether (sulfide) groups is 1. The Kier molecular flexibility index (Phi) is 6.10. The molecule has 1 saturated heterocycles. The summed E-state index contributed by atoms with van der Waals surface area (Å²) in [6.45, 7) is 0. The summed E-state index contributed by atoms with van der Waals surface area (Å²) in [6, 6.07) is 7.60. The van der Waals surface area contributed by atoms with Gasteiger partial charge in [-0.2, -0.15) is 0 Å². The van der Waals surface area contributed by atoms with Crippen LogP contribution in [0.1, 0.15) is 5.56 Å². The molecule has 2 aromatic rings. The minimum atomic E-state index is -0.559. The van der Waals surface area contributed by atoms with Gasteiger partial charge in [0.25, 0.3) is 5.91 Å². The third kappa shape index (κ3) is 3.99. The first-order chi connectivity index (χ1) is 12.8. The highest BCUT2D eigenvalue weighted by Gasteiger charge is 2.33. The number of amides is 1. The van der Waals surface area contributed by atoms with Crippen LogP contribution in [-0.4, -0.2) is 24.4 Å². The van der Waals surface area contributed by atoms with Crippen molar-refractivity contribution in [2.24, 2.45) is 0 Å². The van der Waals surface area contributed by atoms with Gasteiger partial charge < -0.3 is 9.47 Å². The van der Waals surface area contributed by atoms with Crippen LogP contribution in [0.2, 0.25) is 5.02 Å². The molecule has 1 fully saturated rings. The van der Waals surface area contributed by atoms with Crippen LogP contribution in [0, 0.1) is 5.82 Å². The lowest BCUT2D eigenvalue weighted by Crippen LogP contribution is -2.27. The Labute approximate surface area is 178 Å². The van der Waals surface area contributed by atoms with Gasteiger partial charge in [-0.25, -0.2) is 4.39 Å². The van der Waals surface area contributed by atoms with Crippen molar-refractivity contribution in [1.29, 1.82) is 0 Å². The molecule has 0 aliphatic carbocycles. The molecule has 140 valence electrons. The Bertz CT molecular complexity index is 983. The van der Waals surface area contributed by atoms with Crippen molar-refractivity contribution >= 4 is 73.5 Å². The Morgan fingerprint density at radius 1 is 1.26 bits per heavy atom. The number of benzene rings is 2. The predicted octanol–water partition coefficient (Wildman–Crippen LogP) is 5.66. The molecule has 0 aromatic heterocycles. The summed E-state index contributed by atoms with van der Waals surface area (Å²) in [5.41, 5.74) is 1.15. The highest BCUT2D eigenvalue weighted by molar-refractivity contribution is 9.10. The first-order valence-corrected chi connectivity index (χ1v) is 9.89. The molecule has 0 bridgehead atoms. The second-order valence-corrected chi connectivity index (χ2v) is 8.29. The molecule has 0 spiro atoms. The van der Waals surface area contributed by atoms with Crippen molar-refractivity contribution in [2.75, 3.05) is 19.1 Å². The second kappa shape index (κ2) is 8.18. The van der Waals surface area contributed by atoms with Gasteiger partial charge in [0.15, 0.2) is 15.8 Å². The van der Waals surface area contributed by atoms with Gasteiger partial charge in [0.05, 0.1) is 34.3 Å². The first kappa shape index (κ1) is 20.1. The molecule has 3 rings (SSSR count). The van der Waals surface area contributed by atoms with E-state index in [1.807, 2.05) is 6.07 Å². The molecule has 27 heavy (non-hydrogen) atoms. The summed E-state index contributed by atoms with van der Waals surface area (Å²) in [5, 5.41) is -0.0747. The minimum Gasteiger partial charge on any atom is -0.493 e. The van der Waals surface area contributed by atoms with Crippen molar-refractivity contribution in [3.63, 3.8) is 0 Å². The van der Waals surface area contributed by atoms with E-state index in [1.165, 1.54) is 30.2 Å². The number of carbonyl (C=O) groups is 1. The molecule has 0 atom stereocenters. The van der Waals surface area contributed by atoms with Gasteiger partial charge >= 0.3 is 0 Å². The van der Waals surface area contributed by atoms with Crippen molar-refractivity contribution in [3.05, 3.63) is 56.1 Å². The summed E-state index contributed by atoms with van der Waals surface area (Å²) in [7, 11) is 3.08. The molecule has 0 radical (unpaired) electrons. The van der Waals surface area contributed by atoms with Crippen LogP contribution in [0.5, 0.6) is 11.5 Å². The molecule has 1 heterocycles. The molecule has 9 heteroatoms. The SMILES string of the molecule is COc1cc(/C=C2/SC(=S)N(c3ccc(F)c(Cl)c3)C2=O)cc(Br)c1OC. The number of methoxy groups -OCH3 is 2. The fourth-order valence-electron chi connectivity index (χ4n) is 2.49. The Morgan fingerprint density at radius 3 is 2.63 bits per heavy atom. The van der Waals surface area contributed by atoms with Gasteiger partial charge in [-0.3, -0.25) is 9.69 Å². The number of thiocarbonyl (C=S) groups is 1. The molecule has 0 N–H and O–H groups in total. The van der Waals surface area contributed by atoms with E-state index >= 15 is 0 Å². The first-order valence-electron chi connectivity index (χ1n) is 7.50. The van der Waals surface area contributed by atoms with Crippen LogP contribution < -0.4 is 14.4 Å². The molecular formula is C18H12BrClFNO3S2. The third-order valence-corrected chi connectivity index (χ3v) is 5.89. The molecular weight excluding hydrogens is 477 g/mol. The maximum Gasteiger partial charge on any atom is 0.270 e. The monoisotopic (exact) mass is 487 g/mol. The smallest absolute Gasteiger partial charge is 0.270 e. The van der Waals surface area contributed by atoms with Gasteiger partial charge in [-0.1, -0.05) is 35.6 Å². The van der Waals surface area contributed by atoms with Crippen LogP contribution in [0.4, 0.5) is 10.1 Å². The number of anilines is 1. The van der Waals surface area contributed by atoms with Gasteiger partial charge in [-0.05, 0) is 57.9 Å². The molecule has 0 unspecified atom stereocenters. The number of rotatable bonds is 4. The summed E-state index contributed by atoms with van der Waals surface area (Å²) < 4.78 is 25.0. The average molecular weight is 489 g/mol. The maximum absolute atomic E-state index is 13.4. The minimum absolute atomic E-state index is 0.0747. The molecule has 4 nitrogen and oxygen atoms in total. The van der Waals surface area contributed by atoms with Crippen molar-refractivity contribution in [1.82, 2.24) is 0 Å². The zero-order valence-corrected chi connectivity index (χ0v) is 18.1. The molecule has 1 amide bonds. The molecule has 0 saturated carbocycles. The van der Waals surface area contributed by atoms with Gasteiger partial charge in [0.2, 0.25) is 0 Å². The highest BCUT2D eigenvalue weighted by Crippen LogP contribution is 2.40. The van der Waals surface area contributed by atoms with Crippen molar-refractivity contribution < 1.29 is 18.7 Å². The molecule has 2 aromatic carbocycles. The normalized spacial score (nSPS) is 15.6. The van der Waals surface area contributed by atoms with Gasteiger partial charge in [0, 0.05) is 0 Å². The summed E-state index contributed by atoms with van der Waals surface area (Å²) in [6.07, 6.45) is 1.71. The van der Waals surface area contributed by atoms with Crippen molar-refractivity contribution in [2.45, 2.75) is 0 Å². The lowest BCUT2D eigenvalue weighted by Gasteiger charge is -2.14. The second-order valence-electron chi connectivity index (χ2n) is 5.35. The zero-order valence-electron chi connectivity index (χ0n) is 14.1. The van der Waals surface area contributed by atoms with Crippen LogP contribution in [0.25, 0.3) is 6.08 Å². The number of ether oxygens (including phenoxy) is 2. The lowest BCUT2D eigenvalue weighted by molar-refractivity contribution is -0.113. The van der Waals surface area contributed by atoms with Gasteiger partial charge in [-0.15, -0.1) is 0 Å². The third-order valence-electron chi connectivity index (χ3n) is 3.71. The fraction of sp³-hybridized carbons (Fsp3) is 0.111. The standard InChI is InChI=1S/C18H12BrClFNO3S2/c1-24-14-6-9(5-11(19)16(14)25-2)7-15-17(23)22(18(26)27-15)10-3-4-13(21)12(20)8-10/h3-8H,1-2H3/b15-7+. The van der Waals surface area contributed by atoms with E-state index in [1.54, 1.807) is 19.3 Å². The maximum atomic E-state index is 13.4. The van der Waals surface area contributed by atoms with E-state index in [0.717, 1.165) is 17.3 Å². The quantitative estimate of drug-likeness (QED) is 0.410. The van der Waals surface area contributed by atoms with E-state index in [4.69, 9.17) is 33.3 Å². The Hall–Kier alpha value is -1.61. The van der Waals surface area contributed by atoms with Crippen LogP contribution >= 0.6 is 51.5 Å². The average Bonchev–Trinajstić information content (AvgIpc) is 2.90. The van der Waals surface area contributed by atoms with E-state index < -0.39 is 5.82 Å². The van der Waals surface area contributed by atoms with Gasteiger partial charge in [0.1, 0.15) is 5.82 Å². The molecule has 1 aliphatic rings.